The Hall–Kier alpha value is -0.130. The van der Waals surface area contributed by atoms with Crippen LogP contribution in [-0.4, -0.2) is 49.4 Å². The minimum Gasteiger partial charge on any atom is -0.323 e. The van der Waals surface area contributed by atoms with Gasteiger partial charge in [-0.3, -0.25) is 4.55 Å². The van der Waals surface area contributed by atoms with Crippen LogP contribution in [0.3, 0.4) is 0 Å². The molecule has 1 fully saturated rings. The van der Waals surface area contributed by atoms with E-state index < -0.39 is 10.1 Å². The predicted molar refractivity (Wildman–Crippen MR) is 55.6 cm³/mol. The van der Waals surface area contributed by atoms with E-state index in [9.17, 15) is 8.42 Å². The summed E-state index contributed by atoms with van der Waals surface area (Å²) < 4.78 is 31.1. The summed E-state index contributed by atoms with van der Waals surface area (Å²) in [4.78, 5) is 0. The lowest BCUT2D eigenvalue weighted by Crippen LogP contribution is -2.56. The summed E-state index contributed by atoms with van der Waals surface area (Å²) >= 11 is 0. The second-order valence-electron chi connectivity index (χ2n) is 4.58. The van der Waals surface area contributed by atoms with Crippen LogP contribution in [0.2, 0.25) is 0 Å². The van der Waals surface area contributed by atoms with E-state index in [1.807, 2.05) is 6.92 Å². The third-order valence-electron chi connectivity index (χ3n) is 3.35. The molecule has 0 aromatic heterocycles. The van der Waals surface area contributed by atoms with Gasteiger partial charge in [0.1, 0.15) is 11.8 Å². The fourth-order valence-electron chi connectivity index (χ4n) is 2.16. The fraction of sp³-hybridized carbons (Fsp3) is 1.00. The molecule has 0 bridgehead atoms. The van der Waals surface area contributed by atoms with Crippen molar-refractivity contribution in [3.05, 3.63) is 0 Å². The summed E-state index contributed by atoms with van der Waals surface area (Å²) in [5.41, 5.74) is 0. The first kappa shape index (κ1) is 11.9. The molecule has 84 valence electrons. The fourth-order valence-corrected chi connectivity index (χ4v) is 3.13. The lowest BCUT2D eigenvalue weighted by atomic mass is 10.1. The zero-order chi connectivity index (χ0) is 10.8. The highest BCUT2D eigenvalue weighted by atomic mass is 32.2. The van der Waals surface area contributed by atoms with Crippen LogP contribution in [0.4, 0.5) is 0 Å². The van der Waals surface area contributed by atoms with E-state index in [0.29, 0.717) is 0 Å². The minimum absolute atomic E-state index is 0.00898. The molecule has 4 nitrogen and oxygen atoms in total. The SMILES string of the molecule is CC(CS(=O)(=O)O)[N+]1(C)CCCCC1. The summed E-state index contributed by atoms with van der Waals surface area (Å²) in [5.74, 6) is -0.122. The van der Waals surface area contributed by atoms with Crippen molar-refractivity contribution in [2.24, 2.45) is 0 Å². The molecule has 0 aromatic rings. The van der Waals surface area contributed by atoms with Crippen molar-refractivity contribution >= 4 is 10.1 Å². The minimum atomic E-state index is -3.83. The zero-order valence-corrected chi connectivity index (χ0v) is 9.76. The second-order valence-corrected chi connectivity index (χ2v) is 6.08. The van der Waals surface area contributed by atoms with E-state index >= 15 is 0 Å². The molecular weight excluding hydrogens is 202 g/mol. The maximum absolute atomic E-state index is 10.8. The lowest BCUT2D eigenvalue weighted by molar-refractivity contribution is -0.933. The van der Waals surface area contributed by atoms with Crippen molar-refractivity contribution < 1.29 is 17.5 Å². The molecule has 5 heteroatoms. The number of hydrogen-bond donors (Lipinski definition) is 1. The first-order chi connectivity index (χ1) is 6.33. The van der Waals surface area contributed by atoms with Crippen LogP contribution < -0.4 is 0 Å². The Morgan fingerprint density at radius 3 is 2.21 bits per heavy atom. The molecule has 0 amide bonds. The van der Waals surface area contributed by atoms with Gasteiger partial charge in [0.2, 0.25) is 0 Å². The summed E-state index contributed by atoms with van der Waals surface area (Å²) in [7, 11) is -1.75. The molecule has 14 heavy (non-hydrogen) atoms. The van der Waals surface area contributed by atoms with Gasteiger partial charge >= 0.3 is 0 Å². The van der Waals surface area contributed by atoms with Crippen molar-refractivity contribution in [2.75, 3.05) is 25.9 Å². The van der Waals surface area contributed by atoms with Crippen molar-refractivity contribution in [3.8, 4) is 0 Å². The maximum atomic E-state index is 10.8. The molecule has 0 saturated carbocycles. The average molecular weight is 222 g/mol. The van der Waals surface area contributed by atoms with Gasteiger partial charge in [-0.15, -0.1) is 0 Å². The number of piperidine rings is 1. The highest BCUT2D eigenvalue weighted by Crippen LogP contribution is 2.20. The van der Waals surface area contributed by atoms with Crippen LogP contribution >= 0.6 is 0 Å². The number of nitrogens with zero attached hydrogens (tertiary/aromatic N) is 1. The molecule has 0 radical (unpaired) electrons. The Labute approximate surface area is 86.3 Å². The Balaban J connectivity index is 2.62. The van der Waals surface area contributed by atoms with Crippen molar-refractivity contribution in [3.63, 3.8) is 0 Å². The van der Waals surface area contributed by atoms with E-state index in [-0.39, 0.29) is 11.8 Å². The summed E-state index contributed by atoms with van der Waals surface area (Å²) in [6.07, 6.45) is 3.56. The van der Waals surface area contributed by atoms with Crippen LogP contribution in [0.5, 0.6) is 0 Å². The van der Waals surface area contributed by atoms with Crippen LogP contribution in [-0.2, 0) is 10.1 Å². The van der Waals surface area contributed by atoms with Gasteiger partial charge in [-0.05, 0) is 26.2 Å². The molecule has 0 aliphatic carbocycles. The third-order valence-corrected chi connectivity index (χ3v) is 4.26. The molecule has 1 rings (SSSR count). The van der Waals surface area contributed by atoms with Crippen LogP contribution in [0.25, 0.3) is 0 Å². The molecule has 0 spiro atoms. The largest absolute Gasteiger partial charge is 0.323 e. The van der Waals surface area contributed by atoms with E-state index in [2.05, 4.69) is 7.05 Å². The quantitative estimate of drug-likeness (QED) is 0.570. The molecule has 1 aliphatic heterocycles. The summed E-state index contributed by atoms with van der Waals surface area (Å²) in [6, 6.07) is -0.00898. The number of quaternary nitrogens is 1. The molecule has 1 saturated heterocycles. The average Bonchev–Trinajstić information content (AvgIpc) is 2.02. The second kappa shape index (κ2) is 4.16. The highest BCUT2D eigenvalue weighted by molar-refractivity contribution is 7.85. The summed E-state index contributed by atoms with van der Waals surface area (Å²) in [6.45, 7) is 3.95. The molecule has 1 atom stereocenters. The van der Waals surface area contributed by atoms with Gasteiger partial charge in [0, 0.05) is 0 Å². The molecule has 1 heterocycles. The number of likely N-dealkylation sites (tertiary alicyclic amines) is 1. The van der Waals surface area contributed by atoms with Gasteiger partial charge in [0.25, 0.3) is 10.1 Å². The van der Waals surface area contributed by atoms with Crippen molar-refractivity contribution in [1.82, 2.24) is 0 Å². The van der Waals surface area contributed by atoms with Gasteiger partial charge in [-0.25, -0.2) is 0 Å². The molecule has 1 aliphatic rings. The first-order valence-electron chi connectivity index (χ1n) is 5.13. The standard InChI is InChI=1S/C9H19NO3S/c1-9(8-14(11,12)13)10(2)6-4-3-5-7-10/h9H,3-8H2,1-2H3/p+1. The predicted octanol–water partition coefficient (Wildman–Crippen LogP) is 0.893. The van der Waals surface area contributed by atoms with Gasteiger partial charge in [0.05, 0.1) is 20.1 Å². The smallest absolute Gasteiger partial charge is 0.270 e. The highest BCUT2D eigenvalue weighted by Gasteiger charge is 2.33. The van der Waals surface area contributed by atoms with Crippen LogP contribution in [0.15, 0.2) is 0 Å². The van der Waals surface area contributed by atoms with E-state index in [1.165, 1.54) is 6.42 Å². The first-order valence-corrected chi connectivity index (χ1v) is 6.74. The summed E-state index contributed by atoms with van der Waals surface area (Å²) in [5, 5.41) is 0. The molecule has 1 unspecified atom stereocenters. The Morgan fingerprint density at radius 2 is 1.79 bits per heavy atom. The van der Waals surface area contributed by atoms with Crippen LogP contribution in [0.1, 0.15) is 26.2 Å². The third kappa shape index (κ3) is 3.22. The van der Waals surface area contributed by atoms with Gasteiger partial charge in [0.15, 0.2) is 0 Å². The zero-order valence-electron chi connectivity index (χ0n) is 8.94. The normalized spacial score (nSPS) is 24.5. The Morgan fingerprint density at radius 1 is 1.29 bits per heavy atom. The topological polar surface area (TPSA) is 54.4 Å². The van der Waals surface area contributed by atoms with Crippen molar-refractivity contribution in [1.29, 1.82) is 0 Å². The monoisotopic (exact) mass is 222 g/mol. The van der Waals surface area contributed by atoms with Crippen LogP contribution in [0, 0.1) is 0 Å². The lowest BCUT2D eigenvalue weighted by Gasteiger charge is -2.42. The number of rotatable bonds is 3. The van der Waals surface area contributed by atoms with Gasteiger partial charge in [-0.2, -0.15) is 8.42 Å². The molecule has 0 aromatic carbocycles. The Bertz CT molecular complexity index is 280. The number of hydrogen-bond acceptors (Lipinski definition) is 2. The van der Waals surface area contributed by atoms with Gasteiger partial charge < -0.3 is 4.48 Å². The van der Waals surface area contributed by atoms with Gasteiger partial charge in [-0.1, -0.05) is 0 Å². The van der Waals surface area contributed by atoms with E-state index in [1.54, 1.807) is 0 Å². The van der Waals surface area contributed by atoms with E-state index in [4.69, 9.17) is 4.55 Å². The molecular formula is C9H20NO3S+. The van der Waals surface area contributed by atoms with Crippen molar-refractivity contribution in [2.45, 2.75) is 32.2 Å². The molecule has 1 N–H and O–H groups in total. The Kier molecular flexibility index (Phi) is 3.55. The van der Waals surface area contributed by atoms with E-state index in [0.717, 1.165) is 30.4 Å². The maximum Gasteiger partial charge on any atom is 0.270 e.